The van der Waals surface area contributed by atoms with Crippen LogP contribution in [0.25, 0.3) is 0 Å². The number of phenolic OH excluding ortho intramolecular Hbond substituents is 1. The molecule has 3 rings (SSSR count). The number of tetrazole rings is 1. The van der Waals surface area contributed by atoms with E-state index < -0.39 is 0 Å². The summed E-state index contributed by atoms with van der Waals surface area (Å²) in [5, 5.41) is 26.0. The van der Waals surface area contributed by atoms with Crippen LogP contribution in [0.4, 0.5) is 0 Å². The van der Waals surface area contributed by atoms with Crippen molar-refractivity contribution in [1.29, 1.82) is 0 Å². The third kappa shape index (κ3) is 4.89. The average Bonchev–Trinajstić information content (AvgIpc) is 3.34. The zero-order valence-corrected chi connectivity index (χ0v) is 15.6. The minimum atomic E-state index is -0.320. The number of rotatable bonds is 10. The Morgan fingerprint density at radius 1 is 1.30 bits per heavy atom. The highest BCUT2D eigenvalue weighted by molar-refractivity contribution is 5.40. The molecule has 0 saturated carbocycles. The molecule has 3 aromatic rings. The van der Waals surface area contributed by atoms with E-state index in [2.05, 4.69) is 25.8 Å². The Balaban J connectivity index is 1.78. The highest BCUT2D eigenvalue weighted by Gasteiger charge is 2.23. The molecule has 9 nitrogen and oxygen atoms in total. The smallest absolute Gasteiger partial charge is 0.173 e. The maximum atomic E-state index is 10.4. The highest BCUT2D eigenvalue weighted by Crippen LogP contribution is 2.29. The Hall–Kier alpha value is -2.78. The van der Waals surface area contributed by atoms with Crippen molar-refractivity contribution in [2.24, 2.45) is 0 Å². The number of imidazole rings is 1. The minimum absolute atomic E-state index is 0.217. The first-order valence-electron chi connectivity index (χ1n) is 8.92. The average molecular weight is 371 g/mol. The van der Waals surface area contributed by atoms with E-state index in [0.717, 1.165) is 30.6 Å². The fourth-order valence-corrected chi connectivity index (χ4v) is 2.93. The van der Waals surface area contributed by atoms with Crippen LogP contribution in [0.2, 0.25) is 0 Å². The van der Waals surface area contributed by atoms with Crippen molar-refractivity contribution in [3.8, 4) is 5.75 Å². The zero-order valence-electron chi connectivity index (χ0n) is 15.6. The monoisotopic (exact) mass is 371 g/mol. The molecule has 0 spiro atoms. The quantitative estimate of drug-likeness (QED) is 0.518. The molecule has 0 aliphatic carbocycles. The number of phenols is 1. The summed E-state index contributed by atoms with van der Waals surface area (Å²) in [7, 11) is 1.64. The first-order valence-corrected chi connectivity index (χ1v) is 8.92. The number of hydrogen-bond acceptors (Lipinski definition) is 7. The number of benzene rings is 1. The van der Waals surface area contributed by atoms with Gasteiger partial charge in [-0.05, 0) is 36.4 Å². The molecule has 0 saturated heterocycles. The summed E-state index contributed by atoms with van der Waals surface area (Å²) in [5.74, 6) is 0.865. The molecule has 2 aromatic heterocycles. The molecule has 9 heteroatoms. The Labute approximate surface area is 158 Å². The lowest BCUT2D eigenvalue weighted by Crippen LogP contribution is -2.28. The van der Waals surface area contributed by atoms with Gasteiger partial charge in [0.15, 0.2) is 5.82 Å². The maximum Gasteiger partial charge on any atom is 0.173 e. The Bertz CT molecular complexity index is 832. The molecule has 0 radical (unpaired) electrons. The molecule has 0 aliphatic rings. The number of aromatic nitrogens is 6. The second-order valence-electron chi connectivity index (χ2n) is 6.36. The number of methoxy groups -OCH3 is 1. The number of ether oxygens (including phenoxy) is 1. The van der Waals surface area contributed by atoms with Gasteiger partial charge in [0.25, 0.3) is 0 Å². The van der Waals surface area contributed by atoms with E-state index in [0.29, 0.717) is 19.0 Å². The van der Waals surface area contributed by atoms with Gasteiger partial charge in [-0.25, -0.2) is 9.67 Å². The number of nitrogens with one attached hydrogen (secondary N) is 1. The summed E-state index contributed by atoms with van der Waals surface area (Å²) in [6.07, 6.45) is 6.41. The molecule has 2 N–H and O–H groups in total. The van der Waals surface area contributed by atoms with Crippen molar-refractivity contribution >= 4 is 0 Å². The zero-order chi connectivity index (χ0) is 19.1. The van der Waals surface area contributed by atoms with E-state index in [1.165, 1.54) is 0 Å². The van der Waals surface area contributed by atoms with Crippen LogP contribution in [0.3, 0.4) is 0 Å². The first kappa shape index (κ1) is 19.0. The Morgan fingerprint density at radius 3 is 2.96 bits per heavy atom. The van der Waals surface area contributed by atoms with Crippen molar-refractivity contribution < 1.29 is 9.84 Å². The molecule has 1 atom stereocenters. The summed E-state index contributed by atoms with van der Waals surface area (Å²) >= 11 is 0. The molecule has 144 valence electrons. The summed E-state index contributed by atoms with van der Waals surface area (Å²) in [5.41, 5.74) is 1.81. The number of aryl methyl sites for hydroxylation is 2. The molecule has 1 aromatic carbocycles. The van der Waals surface area contributed by atoms with E-state index in [4.69, 9.17) is 4.74 Å². The van der Waals surface area contributed by atoms with Gasteiger partial charge in [-0.3, -0.25) is 0 Å². The van der Waals surface area contributed by atoms with Gasteiger partial charge < -0.3 is 19.7 Å². The summed E-state index contributed by atoms with van der Waals surface area (Å²) in [6, 6.07) is 5.22. The molecule has 0 fully saturated rings. The normalized spacial score (nSPS) is 12.4. The Kier molecular flexibility index (Phi) is 6.50. The van der Waals surface area contributed by atoms with Crippen LogP contribution in [-0.2, 0) is 17.8 Å². The van der Waals surface area contributed by atoms with Gasteiger partial charge in [0.05, 0.1) is 25.5 Å². The van der Waals surface area contributed by atoms with Crippen LogP contribution in [0.5, 0.6) is 5.75 Å². The van der Waals surface area contributed by atoms with Crippen molar-refractivity contribution in [2.45, 2.75) is 32.5 Å². The summed E-state index contributed by atoms with van der Waals surface area (Å²) in [4.78, 5) is 4.05. The van der Waals surface area contributed by atoms with Crippen LogP contribution in [0.15, 0.2) is 36.9 Å². The third-order valence-corrected chi connectivity index (χ3v) is 4.32. The molecular weight excluding hydrogens is 346 g/mol. The largest absolute Gasteiger partial charge is 0.508 e. The van der Waals surface area contributed by atoms with Gasteiger partial charge in [-0.1, -0.05) is 17.7 Å². The fourth-order valence-electron chi connectivity index (χ4n) is 2.93. The number of nitrogens with zero attached hydrogens (tertiary/aromatic N) is 6. The predicted octanol–water partition coefficient (Wildman–Crippen LogP) is 1.30. The van der Waals surface area contributed by atoms with E-state index >= 15 is 0 Å². The van der Waals surface area contributed by atoms with Crippen LogP contribution in [0.1, 0.15) is 29.4 Å². The summed E-state index contributed by atoms with van der Waals surface area (Å²) < 4.78 is 8.88. The second kappa shape index (κ2) is 9.24. The van der Waals surface area contributed by atoms with Crippen LogP contribution in [0, 0.1) is 6.92 Å². The molecule has 0 amide bonds. The lowest BCUT2D eigenvalue weighted by atomic mass is 10.0. The van der Waals surface area contributed by atoms with Crippen molar-refractivity contribution in [3.63, 3.8) is 0 Å². The SMILES string of the molecule is COCCn1nnnc1C(NCCCn1ccnc1)c1cc(C)ccc1O. The van der Waals surface area contributed by atoms with E-state index in [9.17, 15) is 5.11 Å². The van der Waals surface area contributed by atoms with Gasteiger partial charge in [-0.15, -0.1) is 5.10 Å². The fraction of sp³-hybridized carbons (Fsp3) is 0.444. The lowest BCUT2D eigenvalue weighted by Gasteiger charge is -2.20. The van der Waals surface area contributed by atoms with Gasteiger partial charge in [0, 0.05) is 31.6 Å². The second-order valence-corrected chi connectivity index (χ2v) is 6.36. The van der Waals surface area contributed by atoms with Gasteiger partial charge in [-0.2, -0.15) is 0 Å². The number of hydrogen-bond donors (Lipinski definition) is 2. The highest BCUT2D eigenvalue weighted by atomic mass is 16.5. The van der Waals surface area contributed by atoms with E-state index in [1.807, 2.05) is 29.8 Å². The topological polar surface area (TPSA) is 103 Å². The van der Waals surface area contributed by atoms with Crippen LogP contribution in [-0.4, -0.2) is 55.1 Å². The van der Waals surface area contributed by atoms with E-state index in [-0.39, 0.29) is 11.8 Å². The van der Waals surface area contributed by atoms with Crippen molar-refractivity contribution in [1.82, 2.24) is 35.1 Å². The molecule has 2 heterocycles. The standard InChI is InChI=1S/C18H25N7O2/c1-14-4-5-16(26)15(12-14)17(18-21-22-23-25(18)10-11-27-2)20-6-3-8-24-9-7-19-13-24/h4-5,7,9,12-13,17,20,26H,3,6,8,10-11H2,1-2H3. The lowest BCUT2D eigenvalue weighted by molar-refractivity contribution is 0.181. The van der Waals surface area contributed by atoms with Crippen LogP contribution < -0.4 is 5.32 Å². The molecule has 0 aliphatic heterocycles. The molecular formula is C18H25N7O2. The Morgan fingerprint density at radius 2 is 2.19 bits per heavy atom. The molecule has 27 heavy (non-hydrogen) atoms. The van der Waals surface area contributed by atoms with Gasteiger partial charge in [0.2, 0.25) is 0 Å². The first-order chi connectivity index (χ1) is 13.2. The van der Waals surface area contributed by atoms with Crippen molar-refractivity contribution in [2.75, 3.05) is 20.3 Å². The van der Waals surface area contributed by atoms with Crippen LogP contribution >= 0.6 is 0 Å². The number of aromatic hydroxyl groups is 1. The predicted molar refractivity (Wildman–Crippen MR) is 99.2 cm³/mol. The molecule has 1 unspecified atom stereocenters. The third-order valence-electron chi connectivity index (χ3n) is 4.32. The maximum absolute atomic E-state index is 10.4. The minimum Gasteiger partial charge on any atom is -0.508 e. The van der Waals surface area contributed by atoms with E-state index in [1.54, 1.807) is 30.4 Å². The molecule has 0 bridgehead atoms. The van der Waals surface area contributed by atoms with Crippen molar-refractivity contribution in [3.05, 3.63) is 53.9 Å². The summed E-state index contributed by atoms with van der Waals surface area (Å²) in [6.45, 7) is 4.62. The van der Waals surface area contributed by atoms with Gasteiger partial charge in [0.1, 0.15) is 5.75 Å². The van der Waals surface area contributed by atoms with Gasteiger partial charge >= 0.3 is 0 Å².